The first kappa shape index (κ1) is 16.0. The Kier molecular flexibility index (Phi) is 3.37. The van der Waals surface area contributed by atoms with Gasteiger partial charge in [0.15, 0.2) is 23.8 Å². The van der Waals surface area contributed by atoms with E-state index in [9.17, 15) is 8.78 Å². The summed E-state index contributed by atoms with van der Waals surface area (Å²) in [5, 5.41) is 4.13. The van der Waals surface area contributed by atoms with E-state index >= 15 is 0 Å². The molecule has 0 unspecified atom stereocenters. The summed E-state index contributed by atoms with van der Waals surface area (Å²) in [7, 11) is 0. The molecule has 0 saturated heterocycles. The molecule has 0 fully saturated rings. The minimum atomic E-state index is -2.01. The van der Waals surface area contributed by atoms with E-state index in [0.29, 0.717) is 29.4 Å². The van der Waals surface area contributed by atoms with Crippen LogP contribution in [0.4, 0.5) is 8.78 Å². The van der Waals surface area contributed by atoms with Crippen molar-refractivity contribution in [2.75, 3.05) is 0 Å². The van der Waals surface area contributed by atoms with Crippen molar-refractivity contribution in [1.29, 1.82) is 0 Å². The number of imidazole rings is 1. The van der Waals surface area contributed by atoms with E-state index in [1.54, 1.807) is 26.2 Å². The fourth-order valence-electron chi connectivity index (χ4n) is 3.47. The topological polar surface area (TPSA) is 60.9 Å². The van der Waals surface area contributed by atoms with E-state index in [1.807, 2.05) is 28.8 Å². The van der Waals surface area contributed by atoms with Gasteiger partial charge < -0.3 is 4.57 Å². The third-order valence-electron chi connectivity index (χ3n) is 4.91. The third kappa shape index (κ3) is 2.36. The van der Waals surface area contributed by atoms with Gasteiger partial charge in [-0.25, -0.2) is 23.3 Å². The average Bonchev–Trinajstić information content (AvgIpc) is 3.36. The highest BCUT2D eigenvalue weighted by Crippen LogP contribution is 2.37. The Morgan fingerprint density at radius 2 is 1.89 bits per heavy atom. The van der Waals surface area contributed by atoms with Crippen LogP contribution in [0.25, 0.3) is 17.0 Å². The first-order chi connectivity index (χ1) is 13.0. The average molecular weight is 366 g/mol. The van der Waals surface area contributed by atoms with Gasteiger partial charge in [-0.15, -0.1) is 5.10 Å². The molecule has 0 radical (unpaired) electrons. The number of hydrogen-bond acceptors (Lipinski definition) is 4. The number of aryl methyl sites for hydroxylation is 2. The van der Waals surface area contributed by atoms with Gasteiger partial charge >= 0.3 is 0 Å². The first-order valence-corrected chi connectivity index (χ1v) is 8.65. The summed E-state index contributed by atoms with van der Waals surface area (Å²) < 4.78 is 33.1. The minimum Gasteiger partial charge on any atom is -0.326 e. The summed E-state index contributed by atoms with van der Waals surface area (Å²) in [6.07, 6.45) is -0.755. The van der Waals surface area contributed by atoms with Gasteiger partial charge in [0, 0.05) is 24.5 Å². The predicted molar refractivity (Wildman–Crippen MR) is 94.7 cm³/mol. The molecule has 1 aromatic carbocycles. The highest BCUT2D eigenvalue weighted by Gasteiger charge is 2.32. The van der Waals surface area contributed by atoms with Gasteiger partial charge in [-0.3, -0.25) is 4.98 Å². The quantitative estimate of drug-likeness (QED) is 0.489. The van der Waals surface area contributed by atoms with Crippen LogP contribution in [0.5, 0.6) is 0 Å². The second kappa shape index (κ2) is 5.67. The van der Waals surface area contributed by atoms with Crippen molar-refractivity contribution in [3.63, 3.8) is 0 Å². The maximum atomic E-state index is 14.9. The van der Waals surface area contributed by atoms with Crippen LogP contribution in [0, 0.1) is 13.8 Å². The van der Waals surface area contributed by atoms with Crippen LogP contribution < -0.4 is 0 Å². The molecule has 0 aliphatic carbocycles. The molecule has 3 aromatic heterocycles. The molecule has 2 atom stereocenters. The molecule has 1 aliphatic heterocycles. The fourth-order valence-corrected chi connectivity index (χ4v) is 3.47. The van der Waals surface area contributed by atoms with E-state index in [1.165, 1.54) is 4.52 Å². The van der Waals surface area contributed by atoms with Gasteiger partial charge in [-0.1, -0.05) is 24.3 Å². The van der Waals surface area contributed by atoms with Crippen LogP contribution in [0.1, 0.15) is 40.8 Å². The van der Waals surface area contributed by atoms with Crippen LogP contribution in [-0.2, 0) is 6.54 Å². The molecule has 1 aliphatic rings. The Bertz CT molecular complexity index is 1140. The highest BCUT2D eigenvalue weighted by molar-refractivity contribution is 5.65. The Morgan fingerprint density at radius 3 is 2.70 bits per heavy atom. The zero-order valence-corrected chi connectivity index (χ0v) is 14.8. The molecule has 27 heavy (non-hydrogen) atoms. The molecule has 8 heteroatoms. The van der Waals surface area contributed by atoms with Crippen LogP contribution in [0.15, 0.2) is 36.7 Å². The third-order valence-corrected chi connectivity index (χ3v) is 4.91. The lowest BCUT2D eigenvalue weighted by Gasteiger charge is -2.08. The molecular weight excluding hydrogens is 350 g/mol. The van der Waals surface area contributed by atoms with Crippen LogP contribution in [-0.4, -0.2) is 29.1 Å². The van der Waals surface area contributed by atoms with E-state index in [4.69, 9.17) is 0 Å². The highest BCUT2D eigenvalue weighted by atomic mass is 19.2. The number of rotatable bonds is 3. The zero-order valence-electron chi connectivity index (χ0n) is 14.8. The second-order valence-electron chi connectivity index (χ2n) is 6.77. The van der Waals surface area contributed by atoms with E-state index in [-0.39, 0.29) is 11.5 Å². The lowest BCUT2D eigenvalue weighted by molar-refractivity contribution is 0.159. The lowest BCUT2D eigenvalue weighted by Crippen LogP contribution is -2.05. The van der Waals surface area contributed by atoms with Crippen molar-refractivity contribution >= 4 is 5.65 Å². The van der Waals surface area contributed by atoms with Crippen molar-refractivity contribution in [3.8, 4) is 11.4 Å². The molecule has 0 bridgehead atoms. The number of aromatic nitrogens is 6. The SMILES string of the molecule is Cc1ncc(C)n2nc([C@@H](F)[C@H](F)c3cn4c(n3)-c3ccccc3C4)nc12. The molecule has 0 spiro atoms. The van der Waals surface area contributed by atoms with Crippen LogP contribution in [0.3, 0.4) is 0 Å². The summed E-state index contributed by atoms with van der Waals surface area (Å²) >= 11 is 0. The van der Waals surface area contributed by atoms with Crippen molar-refractivity contribution in [1.82, 2.24) is 29.1 Å². The van der Waals surface area contributed by atoms with Crippen molar-refractivity contribution < 1.29 is 8.78 Å². The number of benzene rings is 1. The Morgan fingerprint density at radius 1 is 1.07 bits per heavy atom. The summed E-state index contributed by atoms with van der Waals surface area (Å²) in [5.41, 5.74) is 3.88. The summed E-state index contributed by atoms with van der Waals surface area (Å²) in [6.45, 7) is 4.15. The molecular formula is C19H16F2N6. The monoisotopic (exact) mass is 366 g/mol. The molecule has 4 heterocycles. The zero-order chi connectivity index (χ0) is 18.7. The van der Waals surface area contributed by atoms with Crippen LogP contribution in [0.2, 0.25) is 0 Å². The van der Waals surface area contributed by atoms with Crippen molar-refractivity contribution in [2.45, 2.75) is 32.7 Å². The van der Waals surface area contributed by atoms with Crippen molar-refractivity contribution in [3.05, 3.63) is 65.1 Å². The van der Waals surface area contributed by atoms with Gasteiger partial charge in [0.25, 0.3) is 0 Å². The van der Waals surface area contributed by atoms with Gasteiger partial charge in [-0.2, -0.15) is 0 Å². The second-order valence-corrected chi connectivity index (χ2v) is 6.77. The van der Waals surface area contributed by atoms with E-state index in [2.05, 4.69) is 20.1 Å². The standard InChI is InChI=1S/C19H16F2N6/c1-10-7-22-11(2)18-24-17(25-27(10)18)16(21)15(20)14-9-26-8-12-5-3-4-6-13(12)19(26)23-14/h3-7,9,15-16H,8H2,1-2H3/t15-,16+/m1/s1. The summed E-state index contributed by atoms with van der Waals surface area (Å²) in [6, 6.07) is 7.81. The Labute approximate surface area is 153 Å². The fraction of sp³-hybridized carbons (Fsp3) is 0.263. The van der Waals surface area contributed by atoms with E-state index in [0.717, 1.165) is 11.1 Å². The molecule has 0 N–H and O–H groups in total. The number of hydrogen-bond donors (Lipinski definition) is 0. The summed E-state index contributed by atoms with van der Waals surface area (Å²) in [4.78, 5) is 12.7. The molecule has 6 nitrogen and oxygen atoms in total. The Hall–Kier alpha value is -3.16. The molecule has 4 aromatic rings. The first-order valence-electron chi connectivity index (χ1n) is 8.65. The maximum absolute atomic E-state index is 14.9. The molecule has 0 amide bonds. The Balaban J connectivity index is 1.50. The van der Waals surface area contributed by atoms with E-state index < -0.39 is 12.3 Å². The number of fused-ring (bicyclic) bond motifs is 4. The minimum absolute atomic E-state index is 0.0532. The largest absolute Gasteiger partial charge is 0.326 e. The predicted octanol–water partition coefficient (Wildman–Crippen LogP) is 3.69. The van der Waals surface area contributed by atoms with Crippen LogP contribution >= 0.6 is 0 Å². The van der Waals surface area contributed by atoms with Gasteiger partial charge in [0.05, 0.1) is 17.1 Å². The number of alkyl halides is 2. The number of nitrogens with zero attached hydrogens (tertiary/aromatic N) is 6. The summed E-state index contributed by atoms with van der Waals surface area (Å²) in [5.74, 6) is 0.463. The maximum Gasteiger partial charge on any atom is 0.198 e. The van der Waals surface area contributed by atoms with Gasteiger partial charge in [0.2, 0.25) is 0 Å². The van der Waals surface area contributed by atoms with Crippen molar-refractivity contribution in [2.24, 2.45) is 0 Å². The smallest absolute Gasteiger partial charge is 0.198 e. The normalized spacial score (nSPS) is 15.0. The number of halogens is 2. The molecule has 136 valence electrons. The molecule has 0 saturated carbocycles. The lowest BCUT2D eigenvalue weighted by atomic mass is 10.1. The van der Waals surface area contributed by atoms with Gasteiger partial charge in [-0.05, 0) is 19.4 Å². The van der Waals surface area contributed by atoms with Gasteiger partial charge in [0.1, 0.15) is 5.82 Å². The molecule has 5 rings (SSSR count).